The van der Waals surface area contributed by atoms with E-state index in [1.54, 1.807) is 29.2 Å². The summed E-state index contributed by atoms with van der Waals surface area (Å²) in [5.74, 6) is -0.367. The molecule has 7 heteroatoms. The van der Waals surface area contributed by atoms with Gasteiger partial charge in [-0.05, 0) is 36.5 Å². The minimum absolute atomic E-state index is 0.367. The first kappa shape index (κ1) is 15.2. The molecule has 1 N–H and O–H groups in total. The molecule has 112 valence electrons. The number of ether oxygens (including phenoxy) is 1. The highest BCUT2D eigenvalue weighted by molar-refractivity contribution is 7.80. The van der Waals surface area contributed by atoms with Crippen LogP contribution in [-0.2, 0) is 9.53 Å². The summed E-state index contributed by atoms with van der Waals surface area (Å²) in [6.45, 7) is 2.77. The number of amides is 1. The van der Waals surface area contributed by atoms with Crippen molar-refractivity contribution in [2.45, 2.75) is 0 Å². The number of thiocarbonyl (C=S) groups is 1. The lowest BCUT2D eigenvalue weighted by atomic mass is 10.2. The van der Waals surface area contributed by atoms with Crippen LogP contribution in [0.3, 0.4) is 0 Å². The Bertz CT molecular complexity index is 525. The number of piperazine rings is 1. The topological polar surface area (TPSA) is 61.9 Å². The number of esters is 1. The molecule has 0 aliphatic carbocycles. The van der Waals surface area contributed by atoms with E-state index in [1.807, 2.05) is 4.90 Å². The molecule has 0 spiro atoms. The lowest BCUT2D eigenvalue weighted by Crippen LogP contribution is -2.49. The van der Waals surface area contributed by atoms with Crippen LogP contribution in [0.25, 0.3) is 0 Å². The highest BCUT2D eigenvalue weighted by Crippen LogP contribution is 2.12. The molecule has 1 aromatic rings. The Labute approximate surface area is 128 Å². The molecular formula is C14H17N3O3S. The molecule has 21 heavy (non-hydrogen) atoms. The number of hydrogen-bond donors (Lipinski definition) is 1. The van der Waals surface area contributed by atoms with E-state index in [2.05, 4.69) is 10.1 Å². The maximum atomic E-state index is 11.3. The van der Waals surface area contributed by atoms with Crippen LogP contribution >= 0.6 is 12.2 Å². The van der Waals surface area contributed by atoms with Crippen LogP contribution in [0, 0.1) is 0 Å². The molecule has 0 aromatic heterocycles. The van der Waals surface area contributed by atoms with Gasteiger partial charge in [0.25, 0.3) is 0 Å². The predicted molar refractivity (Wildman–Crippen MR) is 83.2 cm³/mol. The van der Waals surface area contributed by atoms with Gasteiger partial charge in [-0.1, -0.05) is 0 Å². The average Bonchev–Trinajstić information content (AvgIpc) is 2.55. The lowest BCUT2D eigenvalue weighted by Gasteiger charge is -2.34. The fourth-order valence-electron chi connectivity index (χ4n) is 2.04. The SMILES string of the molecule is COC(=O)c1ccc(NC(=S)N2CCN(C=O)CC2)cc1. The number of nitrogens with zero attached hydrogens (tertiary/aromatic N) is 2. The number of anilines is 1. The van der Waals surface area contributed by atoms with Gasteiger partial charge in [-0.2, -0.15) is 0 Å². The van der Waals surface area contributed by atoms with E-state index in [0.717, 1.165) is 12.1 Å². The maximum absolute atomic E-state index is 11.3. The van der Waals surface area contributed by atoms with Gasteiger partial charge in [-0.15, -0.1) is 0 Å². The van der Waals surface area contributed by atoms with Crippen LogP contribution in [0.5, 0.6) is 0 Å². The highest BCUT2D eigenvalue weighted by atomic mass is 32.1. The summed E-state index contributed by atoms with van der Waals surface area (Å²) in [4.78, 5) is 25.7. The zero-order chi connectivity index (χ0) is 15.2. The molecule has 0 atom stereocenters. The smallest absolute Gasteiger partial charge is 0.337 e. The third-order valence-electron chi connectivity index (χ3n) is 3.31. The van der Waals surface area contributed by atoms with Gasteiger partial charge in [-0.25, -0.2) is 4.79 Å². The van der Waals surface area contributed by atoms with Crippen molar-refractivity contribution in [1.82, 2.24) is 9.80 Å². The van der Waals surface area contributed by atoms with Crippen LogP contribution < -0.4 is 5.32 Å². The molecule has 1 fully saturated rings. The van der Waals surface area contributed by atoms with E-state index in [0.29, 0.717) is 36.9 Å². The lowest BCUT2D eigenvalue weighted by molar-refractivity contribution is -0.119. The standard InChI is InChI=1S/C14H17N3O3S/c1-20-13(19)11-2-4-12(5-3-11)15-14(21)17-8-6-16(10-18)7-9-17/h2-5,10H,6-9H2,1H3,(H,15,21). The Morgan fingerprint density at radius 1 is 1.24 bits per heavy atom. The van der Waals surface area contributed by atoms with Crippen molar-refractivity contribution in [2.24, 2.45) is 0 Å². The second-order valence-corrected chi connectivity index (χ2v) is 5.01. The van der Waals surface area contributed by atoms with Gasteiger partial charge in [0.2, 0.25) is 6.41 Å². The Kier molecular flexibility index (Phi) is 5.10. The Balaban J connectivity index is 1.91. The van der Waals surface area contributed by atoms with E-state index in [4.69, 9.17) is 12.2 Å². The van der Waals surface area contributed by atoms with Gasteiger partial charge < -0.3 is 19.9 Å². The van der Waals surface area contributed by atoms with Crippen molar-refractivity contribution >= 4 is 35.4 Å². The van der Waals surface area contributed by atoms with Crippen molar-refractivity contribution in [3.63, 3.8) is 0 Å². The van der Waals surface area contributed by atoms with Crippen LogP contribution in [-0.4, -0.2) is 60.6 Å². The van der Waals surface area contributed by atoms with Crippen molar-refractivity contribution in [2.75, 3.05) is 38.6 Å². The van der Waals surface area contributed by atoms with Gasteiger partial charge >= 0.3 is 5.97 Å². The largest absolute Gasteiger partial charge is 0.465 e. The van der Waals surface area contributed by atoms with E-state index in [-0.39, 0.29) is 5.97 Å². The maximum Gasteiger partial charge on any atom is 0.337 e. The third-order valence-corrected chi connectivity index (χ3v) is 3.67. The minimum atomic E-state index is -0.367. The average molecular weight is 307 g/mol. The van der Waals surface area contributed by atoms with E-state index in [1.165, 1.54) is 7.11 Å². The molecule has 6 nitrogen and oxygen atoms in total. The molecule has 0 radical (unpaired) electrons. The molecule has 1 aromatic carbocycles. The van der Waals surface area contributed by atoms with Gasteiger partial charge in [-0.3, -0.25) is 4.79 Å². The van der Waals surface area contributed by atoms with E-state index >= 15 is 0 Å². The van der Waals surface area contributed by atoms with Gasteiger partial charge in [0.15, 0.2) is 5.11 Å². The second kappa shape index (κ2) is 7.03. The summed E-state index contributed by atoms with van der Waals surface area (Å²) in [6, 6.07) is 6.92. The zero-order valence-electron chi connectivity index (χ0n) is 11.7. The first-order valence-corrected chi connectivity index (χ1v) is 6.98. The first-order chi connectivity index (χ1) is 10.1. The summed E-state index contributed by atoms with van der Waals surface area (Å²) >= 11 is 5.35. The number of carbonyl (C=O) groups excluding carboxylic acids is 2. The molecule has 1 heterocycles. The van der Waals surface area contributed by atoms with Gasteiger partial charge in [0, 0.05) is 31.9 Å². The molecule has 1 aliphatic heterocycles. The van der Waals surface area contributed by atoms with Crippen molar-refractivity contribution in [3.05, 3.63) is 29.8 Å². The van der Waals surface area contributed by atoms with Crippen molar-refractivity contribution in [1.29, 1.82) is 0 Å². The minimum Gasteiger partial charge on any atom is -0.465 e. The quantitative estimate of drug-likeness (QED) is 0.509. The monoisotopic (exact) mass is 307 g/mol. The van der Waals surface area contributed by atoms with Crippen LogP contribution in [0.4, 0.5) is 5.69 Å². The Hall–Kier alpha value is -2.15. The van der Waals surface area contributed by atoms with Crippen molar-refractivity contribution in [3.8, 4) is 0 Å². The molecule has 0 saturated carbocycles. The predicted octanol–water partition coefficient (Wildman–Crippen LogP) is 0.944. The van der Waals surface area contributed by atoms with Crippen molar-refractivity contribution < 1.29 is 14.3 Å². The van der Waals surface area contributed by atoms with Crippen LogP contribution in [0.1, 0.15) is 10.4 Å². The van der Waals surface area contributed by atoms with Crippen LogP contribution in [0.2, 0.25) is 0 Å². The number of rotatable bonds is 3. The fraction of sp³-hybridized carbons (Fsp3) is 0.357. The number of nitrogens with one attached hydrogen (secondary N) is 1. The fourth-order valence-corrected chi connectivity index (χ4v) is 2.34. The third kappa shape index (κ3) is 3.91. The highest BCUT2D eigenvalue weighted by Gasteiger charge is 2.17. The van der Waals surface area contributed by atoms with Gasteiger partial charge in [0.05, 0.1) is 12.7 Å². The second-order valence-electron chi connectivity index (χ2n) is 4.63. The molecule has 1 aliphatic rings. The number of methoxy groups -OCH3 is 1. The molecule has 0 bridgehead atoms. The summed E-state index contributed by atoms with van der Waals surface area (Å²) in [5, 5.41) is 3.74. The number of carbonyl (C=O) groups is 2. The first-order valence-electron chi connectivity index (χ1n) is 6.57. The summed E-state index contributed by atoms with van der Waals surface area (Å²) in [5.41, 5.74) is 1.30. The summed E-state index contributed by atoms with van der Waals surface area (Å²) in [7, 11) is 1.35. The van der Waals surface area contributed by atoms with E-state index < -0.39 is 0 Å². The Morgan fingerprint density at radius 3 is 2.38 bits per heavy atom. The van der Waals surface area contributed by atoms with Crippen LogP contribution in [0.15, 0.2) is 24.3 Å². The molecular weight excluding hydrogens is 290 g/mol. The molecule has 1 saturated heterocycles. The molecule has 0 unspecified atom stereocenters. The zero-order valence-corrected chi connectivity index (χ0v) is 12.6. The summed E-state index contributed by atoms with van der Waals surface area (Å²) < 4.78 is 4.65. The molecule has 2 rings (SSSR count). The van der Waals surface area contributed by atoms with Gasteiger partial charge in [0.1, 0.15) is 0 Å². The molecule has 1 amide bonds. The Morgan fingerprint density at radius 2 is 1.86 bits per heavy atom. The number of benzene rings is 1. The normalized spacial score (nSPS) is 14.5. The number of hydrogen-bond acceptors (Lipinski definition) is 4. The van der Waals surface area contributed by atoms with E-state index in [9.17, 15) is 9.59 Å². The summed E-state index contributed by atoms with van der Waals surface area (Å²) in [6.07, 6.45) is 0.860.